The Labute approximate surface area is 226 Å². The normalized spacial score (nSPS) is 15.6. The Hall–Kier alpha value is -3.03. The first kappa shape index (κ1) is 28.5. The van der Waals surface area contributed by atoms with E-state index in [9.17, 15) is 9.59 Å². The molecular weight excluding hydrogens is 482 g/mol. The molecule has 0 aliphatic carbocycles. The lowest BCUT2D eigenvalue weighted by Gasteiger charge is -2.43. The van der Waals surface area contributed by atoms with Crippen molar-refractivity contribution in [2.24, 2.45) is 5.92 Å². The minimum atomic E-state index is -0.554. The summed E-state index contributed by atoms with van der Waals surface area (Å²) >= 11 is 0. The summed E-state index contributed by atoms with van der Waals surface area (Å²) in [7, 11) is 0. The summed E-state index contributed by atoms with van der Waals surface area (Å²) in [6, 6.07) is 20.5. The molecular formula is C30H37N3O3S. The molecule has 0 radical (unpaired) electrons. The smallest absolute Gasteiger partial charge is 0.230 e. The van der Waals surface area contributed by atoms with Crippen molar-refractivity contribution in [1.29, 1.82) is 0 Å². The monoisotopic (exact) mass is 519 g/mol. The predicted molar refractivity (Wildman–Crippen MR) is 150 cm³/mol. The van der Waals surface area contributed by atoms with Crippen molar-refractivity contribution in [3.8, 4) is 0 Å². The molecule has 1 aliphatic heterocycles. The van der Waals surface area contributed by atoms with Crippen molar-refractivity contribution in [2.75, 3.05) is 19.7 Å². The topological polar surface area (TPSA) is 83.4 Å². The van der Waals surface area contributed by atoms with Gasteiger partial charge in [0.05, 0.1) is 11.5 Å². The van der Waals surface area contributed by atoms with E-state index in [1.54, 1.807) is 0 Å². The Balaban J connectivity index is 0.00000380. The fourth-order valence-corrected chi connectivity index (χ4v) is 5.25. The quantitative estimate of drug-likeness (QED) is 0.415. The maximum atomic E-state index is 13.7. The molecule has 1 N–H and O–H groups in total. The summed E-state index contributed by atoms with van der Waals surface area (Å²) < 4.78 is 0. The van der Waals surface area contributed by atoms with Crippen molar-refractivity contribution < 1.29 is 14.7 Å². The number of nitrogens with zero attached hydrogens (tertiary/aromatic N) is 3. The van der Waals surface area contributed by atoms with E-state index in [1.165, 1.54) is 18.0 Å². The second-order valence-corrected chi connectivity index (χ2v) is 10.2. The van der Waals surface area contributed by atoms with Gasteiger partial charge in [-0.2, -0.15) is 13.5 Å². The summed E-state index contributed by atoms with van der Waals surface area (Å²) in [5.74, 6) is 0.774. The number of aromatic nitrogens is 2. The molecule has 37 heavy (non-hydrogen) atoms. The Morgan fingerprint density at radius 3 is 2.05 bits per heavy atom. The molecule has 1 fully saturated rings. The summed E-state index contributed by atoms with van der Waals surface area (Å²) in [4.78, 5) is 36.4. The molecule has 1 amide bonds. The van der Waals surface area contributed by atoms with Crippen LogP contribution in [0, 0.1) is 5.92 Å². The molecule has 0 bridgehead atoms. The maximum Gasteiger partial charge on any atom is 0.230 e. The number of aliphatic hydroxyl groups excluding tert-OH is 1. The number of carbonyl (C=O) groups is 2. The van der Waals surface area contributed by atoms with Gasteiger partial charge in [-0.3, -0.25) is 9.59 Å². The van der Waals surface area contributed by atoms with E-state index in [-0.39, 0.29) is 36.5 Å². The molecule has 1 aliphatic rings. The second kappa shape index (κ2) is 13.0. The summed E-state index contributed by atoms with van der Waals surface area (Å²) in [6.07, 6.45) is 6.07. The molecule has 1 atom stereocenters. The highest BCUT2D eigenvalue weighted by Crippen LogP contribution is 2.39. The lowest BCUT2D eigenvalue weighted by atomic mass is 9.70. The Kier molecular flexibility index (Phi) is 10.0. The Morgan fingerprint density at radius 1 is 0.946 bits per heavy atom. The van der Waals surface area contributed by atoms with Crippen LogP contribution in [0.25, 0.3) is 0 Å². The van der Waals surface area contributed by atoms with E-state index < -0.39 is 6.61 Å². The summed E-state index contributed by atoms with van der Waals surface area (Å²) in [5, 5.41) is 9.10. The summed E-state index contributed by atoms with van der Waals surface area (Å²) in [6.45, 7) is 5.13. The lowest BCUT2D eigenvalue weighted by Crippen LogP contribution is -2.48. The number of hydrogen-bond acceptors (Lipinski definition) is 5. The molecule has 2 heterocycles. The van der Waals surface area contributed by atoms with E-state index in [0.29, 0.717) is 36.8 Å². The van der Waals surface area contributed by atoms with Crippen LogP contribution in [0.4, 0.5) is 0 Å². The van der Waals surface area contributed by atoms with Crippen LogP contribution in [-0.2, 0) is 16.6 Å². The number of piperidine rings is 1. The molecule has 3 aromatic rings. The van der Waals surface area contributed by atoms with E-state index in [4.69, 9.17) is 5.11 Å². The molecule has 7 heteroatoms. The zero-order valence-electron chi connectivity index (χ0n) is 21.6. The minimum Gasteiger partial charge on any atom is -0.388 e. The maximum absolute atomic E-state index is 13.7. The zero-order valence-corrected chi connectivity index (χ0v) is 22.6. The van der Waals surface area contributed by atoms with E-state index >= 15 is 0 Å². The molecule has 0 unspecified atom stereocenters. The third-order valence-electron chi connectivity index (χ3n) is 7.29. The molecule has 196 valence electrons. The van der Waals surface area contributed by atoms with E-state index in [0.717, 1.165) is 24.8 Å². The molecule has 4 rings (SSSR count). The number of likely N-dealkylation sites (tertiary alicyclic amines) is 1. The zero-order chi connectivity index (χ0) is 25.5. The standard InChI is InChI=1S/C30H35N3O3.H2S/c1-22(2)17-26(23-9-5-3-6-10-23)29(36)33-15-13-30(14-16-33,25-11-7-4-8-12-25)18-28-31-19-24(20-32-28)27(35)21-34;/h3-12,19-20,22,26,34H,13-18,21H2,1-2H3;1H2/t26-;/m0./s1. The average Bonchev–Trinajstić information content (AvgIpc) is 2.92. The van der Waals surface area contributed by atoms with Gasteiger partial charge in [0, 0.05) is 37.3 Å². The molecule has 1 aromatic heterocycles. The van der Waals surface area contributed by atoms with Gasteiger partial charge in [0.1, 0.15) is 12.4 Å². The van der Waals surface area contributed by atoms with Crippen molar-refractivity contribution in [1.82, 2.24) is 14.9 Å². The van der Waals surface area contributed by atoms with E-state index in [1.807, 2.05) is 41.3 Å². The second-order valence-electron chi connectivity index (χ2n) is 10.2. The average molecular weight is 520 g/mol. The van der Waals surface area contributed by atoms with Crippen molar-refractivity contribution in [2.45, 2.75) is 50.9 Å². The minimum absolute atomic E-state index is 0. The Morgan fingerprint density at radius 2 is 1.51 bits per heavy atom. The number of rotatable bonds is 9. The van der Waals surface area contributed by atoms with Crippen LogP contribution in [0.3, 0.4) is 0 Å². The van der Waals surface area contributed by atoms with Gasteiger partial charge < -0.3 is 10.0 Å². The van der Waals surface area contributed by atoms with Crippen LogP contribution in [0.5, 0.6) is 0 Å². The van der Waals surface area contributed by atoms with Crippen LogP contribution < -0.4 is 0 Å². The molecule has 0 spiro atoms. The fourth-order valence-electron chi connectivity index (χ4n) is 5.25. The molecule has 2 aromatic carbocycles. The SMILES string of the molecule is CC(C)C[C@H](C(=O)N1CCC(Cc2ncc(C(=O)CO)cn2)(c2ccccc2)CC1)c1ccccc1.S. The number of hydrogen-bond donors (Lipinski definition) is 1. The third kappa shape index (κ3) is 6.84. The number of Topliss-reactive ketones (excluding diaryl/α,β-unsaturated/α-hetero) is 1. The molecule has 6 nitrogen and oxygen atoms in total. The van der Waals surface area contributed by atoms with Crippen molar-refractivity contribution >= 4 is 25.2 Å². The largest absolute Gasteiger partial charge is 0.388 e. The third-order valence-corrected chi connectivity index (χ3v) is 7.29. The number of ketones is 1. The number of amides is 1. The van der Waals surface area contributed by atoms with Crippen molar-refractivity contribution in [3.63, 3.8) is 0 Å². The first-order chi connectivity index (χ1) is 17.4. The van der Waals surface area contributed by atoms with Gasteiger partial charge in [-0.15, -0.1) is 0 Å². The first-order valence-corrected chi connectivity index (χ1v) is 12.8. The van der Waals surface area contributed by atoms with Crippen LogP contribution in [0.15, 0.2) is 73.1 Å². The van der Waals surface area contributed by atoms with Gasteiger partial charge in [-0.25, -0.2) is 9.97 Å². The summed E-state index contributed by atoms with van der Waals surface area (Å²) in [5.41, 5.74) is 2.42. The highest BCUT2D eigenvalue weighted by atomic mass is 32.1. The fraction of sp³-hybridized carbons (Fsp3) is 0.400. The van der Waals surface area contributed by atoms with Gasteiger partial charge in [0.15, 0.2) is 5.78 Å². The first-order valence-electron chi connectivity index (χ1n) is 12.8. The molecule has 1 saturated heterocycles. The van der Waals surface area contributed by atoms with E-state index in [2.05, 4.69) is 48.1 Å². The number of benzene rings is 2. The van der Waals surface area contributed by atoms with Gasteiger partial charge >= 0.3 is 0 Å². The van der Waals surface area contributed by atoms with Crippen LogP contribution >= 0.6 is 13.5 Å². The van der Waals surface area contributed by atoms with Gasteiger partial charge in [-0.1, -0.05) is 74.5 Å². The van der Waals surface area contributed by atoms with Crippen LogP contribution in [-0.4, -0.2) is 51.4 Å². The number of aliphatic hydroxyl groups is 1. The van der Waals surface area contributed by atoms with Crippen molar-refractivity contribution in [3.05, 3.63) is 95.6 Å². The van der Waals surface area contributed by atoms with Gasteiger partial charge in [-0.05, 0) is 36.3 Å². The Bertz CT molecular complexity index is 1150. The van der Waals surface area contributed by atoms with Crippen LogP contribution in [0.1, 0.15) is 66.3 Å². The predicted octanol–water partition coefficient (Wildman–Crippen LogP) is 4.70. The van der Waals surface area contributed by atoms with Gasteiger partial charge in [0.2, 0.25) is 5.91 Å². The highest BCUT2D eigenvalue weighted by Gasteiger charge is 2.39. The lowest BCUT2D eigenvalue weighted by molar-refractivity contribution is -0.134. The van der Waals surface area contributed by atoms with Crippen LogP contribution in [0.2, 0.25) is 0 Å². The molecule has 0 saturated carbocycles. The van der Waals surface area contributed by atoms with Gasteiger partial charge in [0.25, 0.3) is 0 Å². The number of carbonyl (C=O) groups excluding carboxylic acids is 2. The highest BCUT2D eigenvalue weighted by molar-refractivity contribution is 7.59.